The largest absolute Gasteiger partial charge is 0.416 e. The van der Waals surface area contributed by atoms with Crippen LogP contribution in [0.25, 0.3) is 0 Å². The summed E-state index contributed by atoms with van der Waals surface area (Å²) in [6, 6.07) is 4.87. The number of carbonyl (C=O) groups excluding carboxylic acids is 1. The van der Waals surface area contributed by atoms with Gasteiger partial charge in [0.05, 0.1) is 11.6 Å². The quantitative estimate of drug-likeness (QED) is 0.817. The summed E-state index contributed by atoms with van der Waals surface area (Å²) < 4.78 is 38.8. The van der Waals surface area contributed by atoms with E-state index >= 15 is 0 Å². The number of hydrogen-bond donors (Lipinski definition) is 1. The maximum atomic E-state index is 12.8. The number of carbonyl (C=O) groups is 1. The smallest absolute Gasteiger partial charge is 0.311 e. The highest BCUT2D eigenvalue weighted by Crippen LogP contribution is 2.38. The van der Waals surface area contributed by atoms with E-state index in [0.717, 1.165) is 50.0 Å². The molecule has 2 unspecified atom stereocenters. The van der Waals surface area contributed by atoms with Crippen LogP contribution in [-0.4, -0.2) is 33.5 Å². The molecule has 0 aromatic heterocycles. The van der Waals surface area contributed by atoms with Crippen LogP contribution >= 0.6 is 24.0 Å². The highest BCUT2D eigenvalue weighted by Gasteiger charge is 2.40. The van der Waals surface area contributed by atoms with Crippen molar-refractivity contribution < 1.29 is 18.0 Å². The maximum absolute atomic E-state index is 12.8. The van der Waals surface area contributed by atoms with Gasteiger partial charge in [0.15, 0.2) is 0 Å². The molecule has 2 heterocycles. The summed E-state index contributed by atoms with van der Waals surface area (Å²) in [5.41, 5.74) is 0.0462. The van der Waals surface area contributed by atoms with Crippen LogP contribution in [0.3, 0.4) is 0 Å². The van der Waals surface area contributed by atoms with Gasteiger partial charge >= 0.3 is 6.18 Å². The first kappa shape index (κ1) is 17.7. The van der Waals surface area contributed by atoms with Crippen LogP contribution in [0, 0.1) is 0 Å². The third-order valence-corrected chi connectivity index (χ3v) is 5.80. The van der Waals surface area contributed by atoms with Gasteiger partial charge in [-0.2, -0.15) is 13.2 Å². The SMILES string of the molecule is O=C1NC(=S)SC1C(c1ccc(C(F)(F)F)cc1)N1CCCCC1. The molecule has 8 heteroatoms. The van der Waals surface area contributed by atoms with E-state index in [2.05, 4.69) is 10.2 Å². The Kier molecular flexibility index (Phi) is 5.17. The van der Waals surface area contributed by atoms with Crippen molar-refractivity contribution in [2.24, 2.45) is 0 Å². The van der Waals surface area contributed by atoms with Crippen LogP contribution < -0.4 is 5.32 Å². The molecule has 2 aliphatic heterocycles. The van der Waals surface area contributed by atoms with Crippen LogP contribution in [0.1, 0.15) is 36.4 Å². The summed E-state index contributed by atoms with van der Waals surface area (Å²) in [6.45, 7) is 1.67. The van der Waals surface area contributed by atoms with E-state index in [1.807, 2.05) is 0 Å². The third-order valence-electron chi connectivity index (χ3n) is 4.37. The summed E-state index contributed by atoms with van der Waals surface area (Å²) in [7, 11) is 0. The van der Waals surface area contributed by atoms with Gasteiger partial charge in [-0.25, -0.2) is 0 Å². The molecule has 24 heavy (non-hydrogen) atoms. The average Bonchev–Trinajstić information content (AvgIpc) is 2.87. The first-order valence-electron chi connectivity index (χ1n) is 7.79. The Labute approximate surface area is 148 Å². The predicted molar refractivity (Wildman–Crippen MR) is 91.7 cm³/mol. The number of thiocarbonyl (C=S) groups is 1. The van der Waals surface area contributed by atoms with Crippen LogP contribution in [-0.2, 0) is 11.0 Å². The van der Waals surface area contributed by atoms with Gasteiger partial charge in [0.2, 0.25) is 5.91 Å². The highest BCUT2D eigenvalue weighted by atomic mass is 32.2. The van der Waals surface area contributed by atoms with E-state index in [0.29, 0.717) is 4.32 Å². The molecular formula is C16H17F3N2OS2. The van der Waals surface area contributed by atoms with Gasteiger partial charge in [-0.15, -0.1) is 0 Å². The molecule has 3 nitrogen and oxygen atoms in total. The number of rotatable bonds is 3. The Morgan fingerprint density at radius 3 is 2.29 bits per heavy atom. The number of amides is 1. The van der Waals surface area contributed by atoms with Crippen LogP contribution in [0.2, 0.25) is 0 Å². The molecule has 2 aliphatic rings. The Morgan fingerprint density at radius 1 is 1.17 bits per heavy atom. The van der Waals surface area contributed by atoms with Crippen molar-refractivity contribution in [3.63, 3.8) is 0 Å². The topological polar surface area (TPSA) is 32.3 Å². The molecule has 130 valence electrons. The number of benzene rings is 1. The van der Waals surface area contributed by atoms with Crippen molar-refractivity contribution >= 4 is 34.2 Å². The second-order valence-corrected chi connectivity index (χ2v) is 7.79. The Bertz CT molecular complexity index is 627. The lowest BCUT2D eigenvalue weighted by molar-refractivity contribution is -0.137. The zero-order valence-corrected chi connectivity index (χ0v) is 14.4. The van der Waals surface area contributed by atoms with Crippen molar-refractivity contribution in [1.29, 1.82) is 0 Å². The molecule has 1 N–H and O–H groups in total. The molecule has 2 atom stereocenters. The summed E-state index contributed by atoms with van der Waals surface area (Å²) >= 11 is 6.36. The Hall–Kier alpha value is -1.12. The van der Waals surface area contributed by atoms with E-state index < -0.39 is 17.0 Å². The molecule has 3 rings (SSSR count). The second kappa shape index (κ2) is 7.01. The molecule has 1 aromatic carbocycles. The van der Waals surface area contributed by atoms with Crippen molar-refractivity contribution in [3.8, 4) is 0 Å². The molecule has 2 fully saturated rings. The summed E-state index contributed by atoms with van der Waals surface area (Å²) in [5, 5.41) is 2.22. The molecule has 2 saturated heterocycles. The molecule has 0 radical (unpaired) electrons. The van der Waals surface area contributed by atoms with Crippen LogP contribution in [0.5, 0.6) is 0 Å². The van der Waals surface area contributed by atoms with Crippen molar-refractivity contribution in [2.45, 2.75) is 36.7 Å². The van der Waals surface area contributed by atoms with E-state index in [4.69, 9.17) is 12.2 Å². The van der Waals surface area contributed by atoms with Crippen molar-refractivity contribution in [3.05, 3.63) is 35.4 Å². The predicted octanol–water partition coefficient (Wildman–Crippen LogP) is 3.75. The number of hydrogen-bond acceptors (Lipinski definition) is 4. The third kappa shape index (κ3) is 3.75. The normalized spacial score (nSPS) is 24.0. The lowest BCUT2D eigenvalue weighted by atomic mass is 9.97. The zero-order chi connectivity index (χ0) is 17.3. The van der Waals surface area contributed by atoms with E-state index in [9.17, 15) is 18.0 Å². The minimum atomic E-state index is -4.36. The van der Waals surface area contributed by atoms with Crippen LogP contribution in [0.4, 0.5) is 13.2 Å². The van der Waals surface area contributed by atoms with Gasteiger partial charge in [0.1, 0.15) is 9.57 Å². The average molecular weight is 374 g/mol. The summed E-state index contributed by atoms with van der Waals surface area (Å²) in [6.07, 6.45) is -1.17. The fourth-order valence-electron chi connectivity index (χ4n) is 3.22. The van der Waals surface area contributed by atoms with Crippen LogP contribution in [0.15, 0.2) is 24.3 Å². The number of halogens is 3. The molecule has 0 aliphatic carbocycles. The lowest BCUT2D eigenvalue weighted by Gasteiger charge is -2.37. The number of piperidine rings is 1. The number of nitrogens with one attached hydrogen (secondary N) is 1. The van der Waals surface area contributed by atoms with Gasteiger partial charge in [-0.05, 0) is 43.6 Å². The molecule has 0 saturated carbocycles. The minimum Gasteiger partial charge on any atom is -0.311 e. The van der Waals surface area contributed by atoms with Crippen molar-refractivity contribution in [2.75, 3.05) is 13.1 Å². The van der Waals surface area contributed by atoms with Crippen molar-refractivity contribution in [1.82, 2.24) is 10.2 Å². The fourth-order valence-corrected chi connectivity index (χ4v) is 4.65. The molecule has 1 aromatic rings. The summed E-state index contributed by atoms with van der Waals surface area (Å²) in [4.78, 5) is 14.4. The van der Waals surface area contributed by atoms with Gasteiger partial charge in [-0.1, -0.05) is 42.5 Å². The lowest BCUT2D eigenvalue weighted by Crippen LogP contribution is -2.42. The maximum Gasteiger partial charge on any atom is 0.416 e. The highest BCUT2D eigenvalue weighted by molar-refractivity contribution is 8.24. The minimum absolute atomic E-state index is 0.166. The second-order valence-electron chi connectivity index (χ2n) is 5.98. The fraction of sp³-hybridized carbons (Fsp3) is 0.500. The standard InChI is InChI=1S/C16H17F3N2OS2/c17-16(18,19)11-6-4-10(5-7-11)12(21-8-2-1-3-9-21)13-14(22)20-15(23)24-13/h4-7,12-13H,1-3,8-9H2,(H,20,22,23). The number of likely N-dealkylation sites (tertiary alicyclic amines) is 1. The number of thioether (sulfide) groups is 1. The van der Waals surface area contributed by atoms with Gasteiger partial charge in [0, 0.05) is 0 Å². The zero-order valence-electron chi connectivity index (χ0n) is 12.8. The molecule has 0 spiro atoms. The van der Waals surface area contributed by atoms with E-state index in [1.165, 1.54) is 23.9 Å². The van der Waals surface area contributed by atoms with Gasteiger partial charge < -0.3 is 5.32 Å². The van der Waals surface area contributed by atoms with Gasteiger partial charge in [-0.3, -0.25) is 9.69 Å². The first-order chi connectivity index (χ1) is 11.4. The van der Waals surface area contributed by atoms with Gasteiger partial charge in [0.25, 0.3) is 0 Å². The Balaban J connectivity index is 1.92. The Morgan fingerprint density at radius 2 is 1.79 bits per heavy atom. The number of alkyl halides is 3. The summed E-state index contributed by atoms with van der Waals surface area (Å²) in [5.74, 6) is -0.166. The van der Waals surface area contributed by atoms with E-state index in [-0.39, 0.29) is 11.9 Å². The molecule has 0 bridgehead atoms. The first-order valence-corrected chi connectivity index (χ1v) is 9.08. The molecule has 1 amide bonds. The monoisotopic (exact) mass is 374 g/mol. The van der Waals surface area contributed by atoms with E-state index in [1.54, 1.807) is 0 Å². The number of nitrogens with zero attached hydrogens (tertiary/aromatic N) is 1. The molecular weight excluding hydrogens is 357 g/mol.